The molecule has 0 unspecified atom stereocenters. The Morgan fingerprint density at radius 1 is 1.03 bits per heavy atom. The SMILES string of the molecule is Cc1cc(C)c2nc(-n3nc(C)cc3NC(=O)c3cccc(N4C(=O)CCC4=O)c3)sc2c1. The Morgan fingerprint density at radius 2 is 1.79 bits per heavy atom. The normalized spacial score (nSPS) is 13.8. The second kappa shape index (κ2) is 7.93. The molecule has 9 heteroatoms. The van der Waals surface area contributed by atoms with Gasteiger partial charge in [0.1, 0.15) is 5.82 Å². The molecule has 2 aromatic heterocycles. The van der Waals surface area contributed by atoms with Gasteiger partial charge in [0, 0.05) is 24.5 Å². The van der Waals surface area contributed by atoms with Crippen molar-refractivity contribution in [2.24, 2.45) is 0 Å². The smallest absolute Gasteiger partial charge is 0.256 e. The lowest BCUT2D eigenvalue weighted by atomic mass is 10.1. The van der Waals surface area contributed by atoms with Crippen LogP contribution in [-0.4, -0.2) is 32.5 Å². The van der Waals surface area contributed by atoms with Gasteiger partial charge in [-0.05, 0) is 56.2 Å². The highest BCUT2D eigenvalue weighted by molar-refractivity contribution is 7.20. The molecule has 0 aliphatic carbocycles. The number of rotatable bonds is 4. The summed E-state index contributed by atoms with van der Waals surface area (Å²) in [6.07, 6.45) is 0.379. The van der Waals surface area contributed by atoms with E-state index >= 15 is 0 Å². The van der Waals surface area contributed by atoms with Gasteiger partial charge in [-0.25, -0.2) is 4.98 Å². The van der Waals surface area contributed by atoms with Crippen LogP contribution in [0.25, 0.3) is 15.3 Å². The number of thiazole rings is 1. The topological polar surface area (TPSA) is 97.2 Å². The van der Waals surface area contributed by atoms with Crippen LogP contribution >= 0.6 is 11.3 Å². The maximum absolute atomic E-state index is 13.1. The summed E-state index contributed by atoms with van der Waals surface area (Å²) in [7, 11) is 0. The summed E-state index contributed by atoms with van der Waals surface area (Å²) < 4.78 is 2.69. The second-order valence-corrected chi connectivity index (χ2v) is 9.14. The number of carbonyl (C=O) groups is 3. The molecule has 1 aliphatic rings. The number of hydrogen-bond donors (Lipinski definition) is 1. The van der Waals surface area contributed by atoms with Crippen LogP contribution in [-0.2, 0) is 9.59 Å². The van der Waals surface area contributed by atoms with Crippen molar-refractivity contribution >= 4 is 50.8 Å². The summed E-state index contributed by atoms with van der Waals surface area (Å²) in [5, 5.41) is 8.08. The predicted molar refractivity (Wildman–Crippen MR) is 127 cm³/mol. The predicted octanol–water partition coefficient (Wildman–Crippen LogP) is 4.31. The van der Waals surface area contributed by atoms with Crippen LogP contribution in [0, 0.1) is 20.8 Å². The summed E-state index contributed by atoms with van der Waals surface area (Å²) in [4.78, 5) is 43.1. The van der Waals surface area contributed by atoms with Crippen LogP contribution in [0.3, 0.4) is 0 Å². The molecule has 0 spiro atoms. The van der Waals surface area contributed by atoms with E-state index in [1.165, 1.54) is 11.3 Å². The number of carbonyl (C=O) groups excluding carboxylic acids is 3. The molecule has 8 nitrogen and oxygen atoms in total. The zero-order valence-corrected chi connectivity index (χ0v) is 19.2. The van der Waals surface area contributed by atoms with Gasteiger partial charge in [0.05, 0.1) is 21.6 Å². The number of hydrogen-bond acceptors (Lipinski definition) is 6. The lowest BCUT2D eigenvalue weighted by Gasteiger charge is -2.15. The van der Waals surface area contributed by atoms with Crippen LogP contribution < -0.4 is 10.2 Å². The fraction of sp³-hybridized carbons (Fsp3) is 0.208. The number of nitrogens with zero attached hydrogens (tertiary/aromatic N) is 4. The first-order chi connectivity index (χ1) is 15.8. The van der Waals surface area contributed by atoms with E-state index in [2.05, 4.69) is 22.5 Å². The van der Waals surface area contributed by atoms with Gasteiger partial charge in [-0.15, -0.1) is 0 Å². The molecule has 5 rings (SSSR count). The molecule has 1 saturated heterocycles. The molecule has 0 radical (unpaired) electrons. The quantitative estimate of drug-likeness (QED) is 0.459. The summed E-state index contributed by atoms with van der Waals surface area (Å²) in [5.41, 5.74) is 4.64. The average molecular weight is 460 g/mol. The Bertz CT molecular complexity index is 1440. The molecular weight excluding hydrogens is 438 g/mol. The minimum Gasteiger partial charge on any atom is -0.306 e. The van der Waals surface area contributed by atoms with Crippen LogP contribution in [0.2, 0.25) is 0 Å². The first-order valence-electron chi connectivity index (χ1n) is 10.5. The number of aromatic nitrogens is 3. The van der Waals surface area contributed by atoms with E-state index < -0.39 is 0 Å². The zero-order valence-electron chi connectivity index (χ0n) is 18.4. The zero-order chi connectivity index (χ0) is 23.3. The summed E-state index contributed by atoms with van der Waals surface area (Å²) in [6.45, 7) is 5.92. The van der Waals surface area contributed by atoms with Gasteiger partial charge in [-0.1, -0.05) is 23.5 Å². The molecule has 2 aromatic carbocycles. The standard InChI is InChI=1S/C24H21N5O3S/c1-13-9-14(2)22-18(10-13)33-24(26-22)29-19(11-15(3)27-29)25-23(32)16-5-4-6-17(12-16)28-20(30)7-8-21(28)31/h4-6,9-12H,7-8H2,1-3H3,(H,25,32). The van der Waals surface area contributed by atoms with Crippen molar-refractivity contribution in [2.75, 3.05) is 10.2 Å². The molecule has 0 atom stereocenters. The van der Waals surface area contributed by atoms with E-state index in [-0.39, 0.29) is 30.6 Å². The van der Waals surface area contributed by atoms with Gasteiger partial charge in [0.15, 0.2) is 0 Å². The molecule has 0 saturated carbocycles. The fourth-order valence-electron chi connectivity index (χ4n) is 4.02. The molecular formula is C24H21N5O3S. The highest BCUT2D eigenvalue weighted by Gasteiger charge is 2.30. The third-order valence-electron chi connectivity index (χ3n) is 5.49. The Balaban J connectivity index is 1.46. The molecule has 3 amide bonds. The molecule has 33 heavy (non-hydrogen) atoms. The van der Waals surface area contributed by atoms with Gasteiger partial charge in [0.2, 0.25) is 16.9 Å². The summed E-state index contributed by atoms with van der Waals surface area (Å²) in [5.74, 6) is -0.393. The minimum absolute atomic E-state index is 0.189. The minimum atomic E-state index is -0.370. The van der Waals surface area contributed by atoms with Crippen molar-refractivity contribution in [3.63, 3.8) is 0 Å². The fourth-order valence-corrected chi connectivity index (χ4v) is 5.13. The Kier molecular flexibility index (Phi) is 5.05. The largest absolute Gasteiger partial charge is 0.306 e. The number of anilines is 2. The average Bonchev–Trinajstić information content (AvgIpc) is 3.45. The monoisotopic (exact) mass is 459 g/mol. The van der Waals surface area contributed by atoms with Gasteiger partial charge >= 0.3 is 0 Å². The molecule has 4 aromatic rings. The number of amides is 3. The van der Waals surface area contributed by atoms with Gasteiger partial charge in [-0.3, -0.25) is 19.3 Å². The van der Waals surface area contributed by atoms with E-state index in [1.807, 2.05) is 20.8 Å². The first-order valence-corrected chi connectivity index (χ1v) is 11.3. The number of nitrogens with one attached hydrogen (secondary N) is 1. The van der Waals surface area contributed by atoms with Crippen molar-refractivity contribution in [1.29, 1.82) is 0 Å². The van der Waals surface area contributed by atoms with E-state index in [1.54, 1.807) is 35.0 Å². The number of benzene rings is 2. The van der Waals surface area contributed by atoms with Crippen molar-refractivity contribution < 1.29 is 14.4 Å². The lowest BCUT2D eigenvalue weighted by Crippen LogP contribution is -2.28. The van der Waals surface area contributed by atoms with Gasteiger partial charge in [-0.2, -0.15) is 9.78 Å². The summed E-state index contributed by atoms with van der Waals surface area (Å²) in [6, 6.07) is 12.5. The molecule has 0 bridgehead atoms. The first kappa shape index (κ1) is 21.0. The molecule has 3 heterocycles. The molecule has 1 fully saturated rings. The third-order valence-corrected chi connectivity index (χ3v) is 6.47. The van der Waals surface area contributed by atoms with Crippen molar-refractivity contribution in [1.82, 2.24) is 14.8 Å². The van der Waals surface area contributed by atoms with E-state index in [9.17, 15) is 14.4 Å². The molecule has 166 valence electrons. The Hall–Kier alpha value is -3.85. The van der Waals surface area contributed by atoms with Crippen LogP contribution in [0.5, 0.6) is 0 Å². The van der Waals surface area contributed by atoms with Crippen molar-refractivity contribution in [3.05, 3.63) is 64.8 Å². The maximum atomic E-state index is 13.1. The lowest BCUT2D eigenvalue weighted by molar-refractivity contribution is -0.121. The van der Waals surface area contributed by atoms with Gasteiger partial charge in [0.25, 0.3) is 5.91 Å². The number of aryl methyl sites for hydroxylation is 3. The van der Waals surface area contributed by atoms with Crippen LogP contribution in [0.4, 0.5) is 11.5 Å². The third kappa shape index (κ3) is 3.80. The Labute approximate surface area is 193 Å². The Morgan fingerprint density at radius 3 is 2.55 bits per heavy atom. The van der Waals surface area contributed by atoms with E-state index in [4.69, 9.17) is 4.98 Å². The van der Waals surface area contributed by atoms with Crippen molar-refractivity contribution in [2.45, 2.75) is 33.6 Å². The van der Waals surface area contributed by atoms with E-state index in [0.717, 1.165) is 31.9 Å². The van der Waals surface area contributed by atoms with Crippen molar-refractivity contribution in [3.8, 4) is 5.13 Å². The highest BCUT2D eigenvalue weighted by Crippen LogP contribution is 2.30. The van der Waals surface area contributed by atoms with Crippen LogP contribution in [0.15, 0.2) is 42.5 Å². The summed E-state index contributed by atoms with van der Waals surface area (Å²) >= 11 is 1.51. The molecule has 1 aliphatic heterocycles. The van der Waals surface area contributed by atoms with Crippen LogP contribution in [0.1, 0.15) is 40.0 Å². The second-order valence-electron chi connectivity index (χ2n) is 8.14. The molecule has 1 N–H and O–H groups in total. The van der Waals surface area contributed by atoms with E-state index in [0.29, 0.717) is 22.2 Å². The number of fused-ring (bicyclic) bond motifs is 1. The number of imide groups is 1. The maximum Gasteiger partial charge on any atom is 0.256 e. The highest BCUT2D eigenvalue weighted by atomic mass is 32.1. The van der Waals surface area contributed by atoms with Gasteiger partial charge < -0.3 is 5.32 Å².